The summed E-state index contributed by atoms with van der Waals surface area (Å²) in [5, 5.41) is 9.52. The molecule has 1 amide bonds. The van der Waals surface area contributed by atoms with Crippen molar-refractivity contribution in [3.05, 3.63) is 85.5 Å². The van der Waals surface area contributed by atoms with Crippen molar-refractivity contribution in [3.8, 4) is 28.3 Å². The predicted octanol–water partition coefficient (Wildman–Crippen LogP) is 4.17. The summed E-state index contributed by atoms with van der Waals surface area (Å²) >= 11 is 7.01. The first-order chi connectivity index (χ1) is 23.5. The second-order valence-corrected chi connectivity index (χ2v) is 11.9. The quantitative estimate of drug-likeness (QED) is 0.194. The van der Waals surface area contributed by atoms with E-state index >= 15 is 0 Å². The highest BCUT2D eigenvalue weighted by Gasteiger charge is 2.23. The molecule has 5 aromatic rings. The molecule has 1 atom stereocenters. The minimum absolute atomic E-state index is 0.0508. The van der Waals surface area contributed by atoms with Crippen molar-refractivity contribution >= 4 is 40.0 Å². The number of anilines is 2. The van der Waals surface area contributed by atoms with E-state index < -0.39 is 23.5 Å². The summed E-state index contributed by atoms with van der Waals surface area (Å²) in [5.41, 5.74) is 2.53. The van der Waals surface area contributed by atoms with Gasteiger partial charge < -0.3 is 20.7 Å². The number of carbonyl (C=O) groups is 1. The van der Waals surface area contributed by atoms with Crippen LogP contribution in [0.5, 0.6) is 5.88 Å². The highest BCUT2D eigenvalue weighted by Crippen LogP contribution is 2.39. The van der Waals surface area contributed by atoms with Crippen LogP contribution in [0.1, 0.15) is 36.3 Å². The lowest BCUT2D eigenvalue weighted by molar-refractivity contribution is -0.119. The molecule has 4 heterocycles. The topological polar surface area (TPSA) is 158 Å². The number of amides is 1. The Morgan fingerprint density at radius 1 is 1.04 bits per heavy atom. The van der Waals surface area contributed by atoms with Crippen molar-refractivity contribution in [2.75, 3.05) is 19.0 Å². The highest BCUT2D eigenvalue weighted by atomic mass is 35.5. The van der Waals surface area contributed by atoms with Crippen LogP contribution >= 0.6 is 11.6 Å². The van der Waals surface area contributed by atoms with Gasteiger partial charge in [-0.2, -0.15) is 0 Å². The molecule has 3 N–H and O–H groups in total. The number of nitrogens with zero attached hydrogens (tertiary/aromatic N) is 6. The number of nitrogens with one attached hydrogen (secondary N) is 3. The number of aromatic nitrogens is 6. The minimum atomic E-state index is -3.05. The Hall–Kier alpha value is -5.28. The SMILES string of the molecule is COc1nc(-c2cccc(-c3cccc(Nc4nc(C(F)F)nc5c4c(=O)n(C)c(=O)n5C)c3C)c2Cl)cnc1CNCC1CCC(=O)N1. The van der Waals surface area contributed by atoms with Gasteiger partial charge in [0, 0.05) is 56.5 Å². The van der Waals surface area contributed by atoms with Crippen LogP contribution in [0.3, 0.4) is 0 Å². The summed E-state index contributed by atoms with van der Waals surface area (Å²) in [5.74, 6) is -0.618. The van der Waals surface area contributed by atoms with Crippen molar-refractivity contribution in [2.24, 2.45) is 14.1 Å². The number of benzene rings is 2. The first-order valence-electron chi connectivity index (χ1n) is 15.3. The van der Waals surface area contributed by atoms with Crippen LogP contribution in [0.25, 0.3) is 33.4 Å². The normalized spacial score (nSPS) is 14.4. The van der Waals surface area contributed by atoms with E-state index in [-0.39, 0.29) is 28.8 Å². The number of methoxy groups -OCH3 is 1. The molecule has 16 heteroatoms. The molecular weight excluding hydrogens is 660 g/mol. The van der Waals surface area contributed by atoms with Crippen molar-refractivity contribution in [2.45, 2.75) is 38.8 Å². The molecule has 1 aliphatic rings. The zero-order valence-electron chi connectivity index (χ0n) is 27.0. The molecule has 254 valence electrons. The summed E-state index contributed by atoms with van der Waals surface area (Å²) in [6.07, 6.45) is -0.136. The molecule has 1 unspecified atom stereocenters. The van der Waals surface area contributed by atoms with Gasteiger partial charge in [-0.3, -0.25) is 23.7 Å². The fourth-order valence-electron chi connectivity index (χ4n) is 5.80. The van der Waals surface area contributed by atoms with Crippen LogP contribution in [0.15, 0.2) is 52.2 Å². The lowest BCUT2D eigenvalue weighted by atomic mass is 9.96. The Morgan fingerprint density at radius 3 is 2.49 bits per heavy atom. The molecule has 1 aliphatic heterocycles. The van der Waals surface area contributed by atoms with Crippen LogP contribution in [0, 0.1) is 6.92 Å². The average Bonchev–Trinajstić information content (AvgIpc) is 3.51. The van der Waals surface area contributed by atoms with E-state index in [1.165, 1.54) is 21.2 Å². The van der Waals surface area contributed by atoms with E-state index in [0.717, 1.165) is 15.6 Å². The van der Waals surface area contributed by atoms with E-state index in [4.69, 9.17) is 16.3 Å². The summed E-state index contributed by atoms with van der Waals surface area (Å²) in [6, 6.07) is 10.9. The first kappa shape index (κ1) is 33.6. The number of alkyl halides is 2. The second kappa shape index (κ2) is 13.7. The maximum Gasteiger partial charge on any atom is 0.332 e. The number of rotatable bonds is 10. The van der Waals surface area contributed by atoms with Crippen LogP contribution in [-0.4, -0.2) is 54.7 Å². The van der Waals surface area contributed by atoms with Gasteiger partial charge in [0.05, 0.1) is 24.0 Å². The fourth-order valence-corrected chi connectivity index (χ4v) is 6.12. The number of ether oxygens (including phenoxy) is 1. The van der Waals surface area contributed by atoms with Gasteiger partial charge in [0.15, 0.2) is 11.5 Å². The van der Waals surface area contributed by atoms with Gasteiger partial charge in [-0.25, -0.2) is 28.5 Å². The van der Waals surface area contributed by atoms with Crippen molar-refractivity contribution < 1.29 is 18.3 Å². The Balaban J connectivity index is 1.33. The molecule has 0 aliphatic carbocycles. The number of halogens is 3. The molecule has 1 saturated heterocycles. The molecule has 0 bridgehead atoms. The van der Waals surface area contributed by atoms with Gasteiger partial charge >= 0.3 is 5.69 Å². The summed E-state index contributed by atoms with van der Waals surface area (Å²) < 4.78 is 35.1. The Labute approximate surface area is 283 Å². The summed E-state index contributed by atoms with van der Waals surface area (Å²) in [6.45, 7) is 2.79. The third-order valence-electron chi connectivity index (χ3n) is 8.44. The molecule has 0 radical (unpaired) electrons. The van der Waals surface area contributed by atoms with Gasteiger partial charge in [-0.05, 0) is 30.5 Å². The third-order valence-corrected chi connectivity index (χ3v) is 8.84. The fraction of sp³-hybridized carbons (Fsp3) is 0.303. The minimum Gasteiger partial charge on any atom is -0.480 e. The Kier molecular flexibility index (Phi) is 9.39. The van der Waals surface area contributed by atoms with Crippen LogP contribution < -0.4 is 31.9 Å². The molecule has 0 saturated carbocycles. The molecule has 3 aromatic heterocycles. The third kappa shape index (κ3) is 6.46. The Bertz CT molecular complexity index is 2220. The highest BCUT2D eigenvalue weighted by molar-refractivity contribution is 6.36. The average molecular weight is 692 g/mol. The zero-order valence-corrected chi connectivity index (χ0v) is 27.7. The van der Waals surface area contributed by atoms with Crippen molar-refractivity contribution in [1.82, 2.24) is 39.7 Å². The summed E-state index contributed by atoms with van der Waals surface area (Å²) in [4.78, 5) is 54.2. The lowest BCUT2D eigenvalue weighted by Crippen LogP contribution is -2.38. The van der Waals surface area contributed by atoms with Crippen molar-refractivity contribution in [3.63, 3.8) is 0 Å². The smallest absolute Gasteiger partial charge is 0.332 e. The predicted molar refractivity (Wildman–Crippen MR) is 180 cm³/mol. The lowest BCUT2D eigenvalue weighted by Gasteiger charge is -2.17. The van der Waals surface area contributed by atoms with Crippen LogP contribution in [-0.2, 0) is 25.4 Å². The molecular formula is C33H32ClF2N9O4. The second-order valence-electron chi connectivity index (χ2n) is 11.6. The monoisotopic (exact) mass is 691 g/mol. The number of fused-ring (bicyclic) bond motifs is 1. The largest absolute Gasteiger partial charge is 0.480 e. The van der Waals surface area contributed by atoms with Crippen LogP contribution in [0.2, 0.25) is 5.02 Å². The maximum atomic E-state index is 13.8. The Morgan fingerprint density at radius 2 is 1.78 bits per heavy atom. The molecule has 6 rings (SSSR count). The molecule has 0 spiro atoms. The van der Waals surface area contributed by atoms with Gasteiger partial charge in [0.2, 0.25) is 11.8 Å². The van der Waals surface area contributed by atoms with Crippen LogP contribution in [0.4, 0.5) is 20.3 Å². The zero-order chi connectivity index (χ0) is 35.0. The van der Waals surface area contributed by atoms with E-state index in [1.54, 1.807) is 18.3 Å². The van der Waals surface area contributed by atoms with Gasteiger partial charge in [0.1, 0.15) is 16.9 Å². The number of aryl methyl sites for hydroxylation is 1. The maximum absolute atomic E-state index is 13.8. The van der Waals surface area contributed by atoms with Gasteiger partial charge in [-0.1, -0.05) is 41.9 Å². The number of hydrogen-bond acceptors (Lipinski definition) is 10. The van der Waals surface area contributed by atoms with Gasteiger partial charge in [0.25, 0.3) is 12.0 Å². The van der Waals surface area contributed by atoms with E-state index in [1.807, 2.05) is 31.2 Å². The standard InChI is InChI=1S/C33H32ClF2N9O4/c1-16-18(7-6-10-21(16)40-28-25-30(43-29(42-28)27(35)36)44(2)33(48)45(3)32(25)47)19-8-5-9-20(26(19)34)22-15-38-23(31(41-22)49-4)14-37-13-17-11-12-24(46)39-17/h5-10,15,17,27,37H,11-14H2,1-4H3,(H,39,46)(H,40,42,43). The van der Waals surface area contributed by atoms with E-state index in [9.17, 15) is 23.2 Å². The molecule has 2 aromatic carbocycles. The summed E-state index contributed by atoms with van der Waals surface area (Å²) in [7, 11) is 4.15. The first-order valence-corrected chi connectivity index (χ1v) is 15.7. The van der Waals surface area contributed by atoms with E-state index in [0.29, 0.717) is 69.7 Å². The number of hydrogen-bond donors (Lipinski definition) is 3. The van der Waals surface area contributed by atoms with Gasteiger partial charge in [-0.15, -0.1) is 0 Å². The molecule has 1 fully saturated rings. The van der Waals surface area contributed by atoms with E-state index in [2.05, 4.69) is 35.9 Å². The molecule has 13 nitrogen and oxygen atoms in total. The number of carbonyl (C=O) groups excluding carboxylic acids is 1. The molecule has 49 heavy (non-hydrogen) atoms. The van der Waals surface area contributed by atoms with Crippen molar-refractivity contribution in [1.29, 1.82) is 0 Å².